The molecule has 1 aliphatic heterocycles. The van der Waals surface area contributed by atoms with Crippen LogP contribution in [0.1, 0.15) is 21.5 Å². The van der Waals surface area contributed by atoms with Crippen molar-refractivity contribution >= 4 is 5.78 Å². The zero-order valence-corrected chi connectivity index (χ0v) is 14.7. The van der Waals surface area contributed by atoms with Gasteiger partial charge in [0.2, 0.25) is 0 Å². The Morgan fingerprint density at radius 1 is 1.00 bits per heavy atom. The predicted octanol–water partition coefficient (Wildman–Crippen LogP) is 4.08. The second kappa shape index (κ2) is 8.21. The van der Waals surface area contributed by atoms with E-state index in [1.165, 1.54) is 0 Å². The van der Waals surface area contributed by atoms with Crippen LogP contribution in [0.2, 0.25) is 0 Å². The third kappa shape index (κ3) is 4.63. The number of aliphatic hydroxyl groups excluding tert-OH is 1. The molecular weight excluding hydrogens is 324 g/mol. The van der Waals surface area contributed by atoms with E-state index in [-0.39, 0.29) is 18.2 Å². The molecule has 0 atom stereocenters. The Kier molecular flexibility index (Phi) is 5.54. The quantitative estimate of drug-likeness (QED) is 0.611. The molecule has 0 aliphatic carbocycles. The van der Waals surface area contributed by atoms with Crippen molar-refractivity contribution in [3.05, 3.63) is 107 Å². The summed E-state index contributed by atoms with van der Waals surface area (Å²) in [5.74, 6) is 0.170. The highest BCUT2D eigenvalue weighted by Crippen LogP contribution is 2.13. The summed E-state index contributed by atoms with van der Waals surface area (Å²) in [6, 6.07) is 17.4. The minimum absolute atomic E-state index is 0.0538. The molecule has 0 saturated carbocycles. The molecule has 0 spiro atoms. The maximum Gasteiger partial charge on any atom is 0.192 e. The fourth-order valence-corrected chi connectivity index (χ4v) is 2.60. The maximum atomic E-state index is 12.3. The number of Topliss-reactive ketones (excluding diaryl/α,β-unsaturated/α-hetero) is 1. The number of hydrogen-bond donors (Lipinski definition) is 2. The Morgan fingerprint density at radius 3 is 2.31 bits per heavy atom. The van der Waals surface area contributed by atoms with E-state index in [1.807, 2.05) is 61.5 Å². The van der Waals surface area contributed by atoms with E-state index in [0.717, 1.165) is 11.1 Å². The number of nitrogens with one attached hydrogen (secondary N) is 1. The van der Waals surface area contributed by atoms with Gasteiger partial charge < -0.3 is 15.3 Å². The van der Waals surface area contributed by atoms with E-state index in [9.17, 15) is 9.90 Å². The number of aliphatic hydroxyl groups is 1. The van der Waals surface area contributed by atoms with Gasteiger partial charge in [-0.1, -0.05) is 60.2 Å². The van der Waals surface area contributed by atoms with E-state index in [4.69, 9.17) is 0 Å². The Bertz CT molecular complexity index is 833. The molecule has 4 heteroatoms. The normalized spacial score (nSPS) is 13.0. The number of hydrogen-bond acceptors (Lipinski definition) is 4. The number of carbonyl (C=O) groups is 1. The van der Waals surface area contributed by atoms with Crippen LogP contribution < -0.4 is 5.32 Å². The zero-order valence-electron chi connectivity index (χ0n) is 14.7. The van der Waals surface area contributed by atoms with Crippen molar-refractivity contribution in [3.8, 4) is 0 Å². The lowest BCUT2D eigenvalue weighted by Crippen LogP contribution is -2.22. The Labute approximate surface area is 153 Å². The Morgan fingerprint density at radius 2 is 1.65 bits per heavy atom. The van der Waals surface area contributed by atoms with Crippen LogP contribution in [0.4, 0.5) is 0 Å². The van der Waals surface area contributed by atoms with Gasteiger partial charge in [0.05, 0.1) is 6.54 Å². The minimum atomic E-state index is 0.0538. The van der Waals surface area contributed by atoms with Gasteiger partial charge in [-0.05, 0) is 24.6 Å². The molecule has 0 amide bonds. The van der Waals surface area contributed by atoms with Crippen LogP contribution >= 0.6 is 0 Å². The summed E-state index contributed by atoms with van der Waals surface area (Å²) in [5, 5.41) is 13.2. The molecule has 1 heterocycles. The maximum absolute atomic E-state index is 12.3. The van der Waals surface area contributed by atoms with Crippen LogP contribution in [0.3, 0.4) is 0 Å². The number of allylic oxidation sites excluding steroid dienone is 3. The van der Waals surface area contributed by atoms with Crippen molar-refractivity contribution in [1.82, 2.24) is 10.2 Å². The molecule has 0 unspecified atom stereocenters. The van der Waals surface area contributed by atoms with Gasteiger partial charge in [0, 0.05) is 30.1 Å². The lowest BCUT2D eigenvalue weighted by Gasteiger charge is -2.19. The van der Waals surface area contributed by atoms with Crippen molar-refractivity contribution in [1.29, 1.82) is 0 Å². The van der Waals surface area contributed by atoms with E-state index in [2.05, 4.69) is 5.32 Å². The van der Waals surface area contributed by atoms with Gasteiger partial charge >= 0.3 is 0 Å². The van der Waals surface area contributed by atoms with E-state index in [0.29, 0.717) is 17.7 Å². The van der Waals surface area contributed by atoms with E-state index >= 15 is 0 Å². The van der Waals surface area contributed by atoms with Crippen LogP contribution in [-0.2, 0) is 6.54 Å². The second-order valence-corrected chi connectivity index (χ2v) is 6.24. The van der Waals surface area contributed by atoms with Crippen LogP contribution in [0.25, 0.3) is 0 Å². The molecule has 2 N–H and O–H groups in total. The molecule has 132 valence electrons. The summed E-state index contributed by atoms with van der Waals surface area (Å²) in [6.45, 7) is 2.81. The van der Waals surface area contributed by atoms with Gasteiger partial charge in [0.15, 0.2) is 11.7 Å². The first-order valence-electron chi connectivity index (χ1n) is 8.55. The highest BCUT2D eigenvalue weighted by Gasteiger charge is 2.11. The smallest absolute Gasteiger partial charge is 0.192 e. The van der Waals surface area contributed by atoms with Crippen LogP contribution in [0.15, 0.2) is 90.6 Å². The Balaban J connectivity index is 1.56. The average molecular weight is 346 g/mol. The monoisotopic (exact) mass is 346 g/mol. The highest BCUT2D eigenvalue weighted by atomic mass is 16.3. The molecule has 4 nitrogen and oxygen atoms in total. The average Bonchev–Trinajstić information content (AvgIpc) is 2.68. The molecule has 26 heavy (non-hydrogen) atoms. The van der Waals surface area contributed by atoms with Gasteiger partial charge in [-0.25, -0.2) is 0 Å². The van der Waals surface area contributed by atoms with Crippen LogP contribution in [0.5, 0.6) is 0 Å². The van der Waals surface area contributed by atoms with E-state index in [1.54, 1.807) is 29.5 Å². The number of ketones is 1. The first kappa shape index (κ1) is 17.5. The molecule has 0 radical (unpaired) electrons. The summed E-state index contributed by atoms with van der Waals surface area (Å²) in [5.41, 5.74) is 3.60. The number of rotatable bonds is 6. The van der Waals surface area contributed by atoms with Gasteiger partial charge in [-0.3, -0.25) is 4.79 Å². The summed E-state index contributed by atoms with van der Waals surface area (Å²) in [6.07, 6.45) is 7.16. The molecule has 3 rings (SSSR count). The van der Waals surface area contributed by atoms with Crippen LogP contribution in [0, 0.1) is 6.92 Å². The minimum Gasteiger partial charge on any atom is -0.494 e. The molecule has 0 aromatic heterocycles. The van der Waals surface area contributed by atoms with Crippen molar-refractivity contribution in [2.75, 3.05) is 6.54 Å². The molecule has 0 saturated heterocycles. The molecular formula is C22H22N2O2. The second-order valence-electron chi connectivity index (χ2n) is 6.24. The summed E-state index contributed by atoms with van der Waals surface area (Å²) < 4.78 is 0. The molecule has 2 aromatic rings. The topological polar surface area (TPSA) is 52.6 Å². The number of benzene rings is 2. The van der Waals surface area contributed by atoms with Crippen molar-refractivity contribution in [3.63, 3.8) is 0 Å². The standard InChI is InChI=1S/C22H22N2O2/c1-17-7-9-19(10-8-17)21(25)16-24-13-11-20(12-14-24)22(26)23-15-18-5-3-2-4-6-18/h2-14,23,26H,15-16H2,1H3. The fourth-order valence-electron chi connectivity index (χ4n) is 2.60. The number of aryl methyl sites for hydroxylation is 1. The molecule has 1 aliphatic rings. The predicted molar refractivity (Wildman–Crippen MR) is 103 cm³/mol. The van der Waals surface area contributed by atoms with Crippen LogP contribution in [-0.4, -0.2) is 22.3 Å². The van der Waals surface area contributed by atoms with Crippen molar-refractivity contribution < 1.29 is 9.90 Å². The fraction of sp³-hybridized carbons (Fsp3) is 0.136. The SMILES string of the molecule is Cc1ccc(C(=O)CN2C=CC(=C(O)NCc3ccccc3)C=C2)cc1. The third-order valence-electron chi connectivity index (χ3n) is 4.17. The van der Waals surface area contributed by atoms with Gasteiger partial charge in [0.1, 0.15) is 0 Å². The van der Waals surface area contributed by atoms with Gasteiger partial charge in [0.25, 0.3) is 0 Å². The lowest BCUT2D eigenvalue weighted by molar-refractivity contribution is 0.0969. The van der Waals surface area contributed by atoms with Crippen molar-refractivity contribution in [2.24, 2.45) is 0 Å². The summed E-state index contributed by atoms with van der Waals surface area (Å²) >= 11 is 0. The first-order valence-corrected chi connectivity index (χ1v) is 8.55. The van der Waals surface area contributed by atoms with E-state index < -0.39 is 0 Å². The van der Waals surface area contributed by atoms with Gasteiger partial charge in [-0.15, -0.1) is 0 Å². The zero-order chi connectivity index (χ0) is 18.4. The largest absolute Gasteiger partial charge is 0.494 e. The summed E-state index contributed by atoms with van der Waals surface area (Å²) in [4.78, 5) is 14.1. The lowest BCUT2D eigenvalue weighted by atomic mass is 10.1. The third-order valence-corrected chi connectivity index (χ3v) is 4.17. The highest BCUT2D eigenvalue weighted by molar-refractivity contribution is 5.97. The number of nitrogens with zero attached hydrogens (tertiary/aromatic N) is 1. The van der Waals surface area contributed by atoms with Crippen molar-refractivity contribution in [2.45, 2.75) is 13.5 Å². The number of carbonyl (C=O) groups excluding carboxylic acids is 1. The summed E-state index contributed by atoms with van der Waals surface area (Å²) in [7, 11) is 0. The molecule has 0 bridgehead atoms. The first-order chi connectivity index (χ1) is 12.6. The molecule has 0 fully saturated rings. The Hall–Kier alpha value is -3.27. The molecule has 2 aromatic carbocycles. The van der Waals surface area contributed by atoms with Gasteiger partial charge in [-0.2, -0.15) is 0 Å².